The topological polar surface area (TPSA) is 80.0 Å². The largest absolute Gasteiger partial charge is 0.534 e. The van der Waals surface area contributed by atoms with Gasteiger partial charge in [0.1, 0.15) is 11.6 Å². The first kappa shape index (κ1) is 17.2. The number of fused-ring (bicyclic) bond motifs is 1. The summed E-state index contributed by atoms with van der Waals surface area (Å²) in [5, 5.41) is 9.30. The van der Waals surface area contributed by atoms with Crippen molar-refractivity contribution in [1.82, 2.24) is 4.98 Å². The highest BCUT2D eigenvalue weighted by Crippen LogP contribution is 2.38. The molecule has 0 unspecified atom stereocenters. The molecular formula is C16H11F3N2O3S. The number of alkyl halides is 3. The zero-order valence-corrected chi connectivity index (χ0v) is 13.5. The maximum Gasteiger partial charge on any atom is 0.534 e. The molecule has 0 saturated heterocycles. The van der Waals surface area contributed by atoms with Crippen LogP contribution in [0.5, 0.6) is 5.88 Å². The van der Waals surface area contributed by atoms with E-state index in [-0.39, 0.29) is 5.56 Å². The first-order valence-electron chi connectivity index (χ1n) is 7.26. The normalized spacial score (nSPS) is 14.0. The lowest BCUT2D eigenvalue weighted by molar-refractivity contribution is -0.0501. The van der Waals surface area contributed by atoms with Crippen LogP contribution in [0, 0.1) is 11.3 Å². The Hall–Kier alpha value is -2.60. The minimum atomic E-state index is -5.91. The minimum absolute atomic E-state index is 0.264. The smallest absolute Gasteiger partial charge is 0.354 e. The number of pyridine rings is 1. The van der Waals surface area contributed by atoms with Crippen LogP contribution in [0.3, 0.4) is 0 Å². The molecule has 5 nitrogen and oxygen atoms in total. The van der Waals surface area contributed by atoms with Crippen molar-refractivity contribution in [3.63, 3.8) is 0 Å². The quantitative estimate of drug-likeness (QED) is 0.613. The van der Waals surface area contributed by atoms with Gasteiger partial charge in [0.15, 0.2) is 0 Å². The van der Waals surface area contributed by atoms with Crippen molar-refractivity contribution in [3.05, 3.63) is 47.0 Å². The molecule has 0 amide bonds. The van der Waals surface area contributed by atoms with Crippen LogP contribution in [-0.4, -0.2) is 18.9 Å². The fraction of sp³-hybridized carbons (Fsp3) is 0.250. The number of aromatic nitrogens is 1. The van der Waals surface area contributed by atoms with E-state index < -0.39 is 21.5 Å². The SMILES string of the molecule is N#Cc1c(OS(=O)(=O)C(F)(F)F)nc(-c2ccccc2)c2c1CCC2. The zero-order chi connectivity index (χ0) is 18.2. The maximum absolute atomic E-state index is 12.6. The van der Waals surface area contributed by atoms with Crippen LogP contribution >= 0.6 is 0 Å². The summed E-state index contributed by atoms with van der Waals surface area (Å²) in [6, 6.07) is 10.4. The molecule has 0 radical (unpaired) electrons. The van der Waals surface area contributed by atoms with Gasteiger partial charge in [0, 0.05) is 5.56 Å². The van der Waals surface area contributed by atoms with Crippen LogP contribution in [-0.2, 0) is 23.0 Å². The van der Waals surface area contributed by atoms with Crippen LogP contribution in [0.4, 0.5) is 13.2 Å². The Morgan fingerprint density at radius 3 is 2.36 bits per heavy atom. The van der Waals surface area contributed by atoms with Crippen LogP contribution in [0.25, 0.3) is 11.3 Å². The summed E-state index contributed by atoms with van der Waals surface area (Å²) < 4.78 is 64.8. The molecular weight excluding hydrogens is 357 g/mol. The molecule has 3 rings (SSSR count). The second-order valence-corrected chi connectivity index (χ2v) is 6.95. The van der Waals surface area contributed by atoms with Gasteiger partial charge in [0.25, 0.3) is 5.88 Å². The van der Waals surface area contributed by atoms with E-state index in [1.54, 1.807) is 36.4 Å². The van der Waals surface area contributed by atoms with E-state index >= 15 is 0 Å². The van der Waals surface area contributed by atoms with Gasteiger partial charge in [-0.25, -0.2) is 4.98 Å². The molecule has 0 atom stereocenters. The number of benzene rings is 1. The van der Waals surface area contributed by atoms with Crippen molar-refractivity contribution in [2.24, 2.45) is 0 Å². The molecule has 0 saturated carbocycles. The molecule has 0 fully saturated rings. The average Bonchev–Trinajstić information content (AvgIpc) is 3.03. The third-order valence-corrected chi connectivity index (χ3v) is 4.81. The molecule has 2 aromatic rings. The van der Waals surface area contributed by atoms with Crippen molar-refractivity contribution in [3.8, 4) is 23.2 Å². The Kier molecular flexibility index (Phi) is 4.16. The van der Waals surface area contributed by atoms with E-state index in [4.69, 9.17) is 0 Å². The molecule has 130 valence electrons. The molecule has 9 heteroatoms. The van der Waals surface area contributed by atoms with Gasteiger partial charge in [-0.05, 0) is 30.4 Å². The predicted molar refractivity (Wildman–Crippen MR) is 82.0 cm³/mol. The Balaban J connectivity index is 2.22. The summed E-state index contributed by atoms with van der Waals surface area (Å²) in [6.07, 6.45) is 1.75. The summed E-state index contributed by atoms with van der Waals surface area (Å²) >= 11 is 0. The fourth-order valence-corrected chi connectivity index (χ4v) is 3.22. The monoisotopic (exact) mass is 368 g/mol. The fourth-order valence-electron chi connectivity index (χ4n) is 2.80. The molecule has 1 aliphatic rings. The Morgan fingerprint density at radius 1 is 1.12 bits per heavy atom. The lowest BCUT2D eigenvalue weighted by atomic mass is 9.99. The van der Waals surface area contributed by atoms with E-state index in [0.29, 0.717) is 36.1 Å². The summed E-state index contributed by atoms with van der Waals surface area (Å²) in [7, 11) is -5.91. The minimum Gasteiger partial charge on any atom is -0.354 e. The highest BCUT2D eigenvalue weighted by atomic mass is 32.2. The van der Waals surface area contributed by atoms with Gasteiger partial charge >= 0.3 is 15.6 Å². The average molecular weight is 368 g/mol. The molecule has 0 aliphatic heterocycles. The van der Waals surface area contributed by atoms with Crippen molar-refractivity contribution >= 4 is 10.1 Å². The van der Waals surface area contributed by atoms with Crippen LogP contribution in [0.15, 0.2) is 30.3 Å². The number of nitriles is 1. The zero-order valence-electron chi connectivity index (χ0n) is 12.7. The third-order valence-electron chi connectivity index (χ3n) is 3.86. The predicted octanol–water partition coefficient (Wildman–Crippen LogP) is 3.34. The first-order valence-corrected chi connectivity index (χ1v) is 8.67. The van der Waals surface area contributed by atoms with Crippen LogP contribution < -0.4 is 4.18 Å². The number of hydrogen-bond acceptors (Lipinski definition) is 5. The molecule has 1 aromatic carbocycles. The number of nitrogens with zero attached hydrogens (tertiary/aromatic N) is 2. The summed E-state index contributed by atoms with van der Waals surface area (Å²) in [5.41, 5.74) is -3.70. The maximum atomic E-state index is 12.6. The first-order chi connectivity index (χ1) is 11.7. The highest BCUT2D eigenvalue weighted by molar-refractivity contribution is 7.87. The Bertz CT molecular complexity index is 965. The molecule has 0 bridgehead atoms. The van der Waals surface area contributed by atoms with Crippen molar-refractivity contribution < 1.29 is 25.8 Å². The molecule has 0 spiro atoms. The molecule has 1 aromatic heterocycles. The van der Waals surface area contributed by atoms with Gasteiger partial charge < -0.3 is 4.18 Å². The lowest BCUT2D eigenvalue weighted by Crippen LogP contribution is -2.28. The van der Waals surface area contributed by atoms with E-state index in [1.165, 1.54) is 0 Å². The van der Waals surface area contributed by atoms with Gasteiger partial charge in [-0.3, -0.25) is 0 Å². The third kappa shape index (κ3) is 3.05. The summed E-state index contributed by atoms with van der Waals surface area (Å²) in [4.78, 5) is 3.96. The van der Waals surface area contributed by atoms with Crippen molar-refractivity contribution in [2.75, 3.05) is 0 Å². The van der Waals surface area contributed by atoms with Gasteiger partial charge in [0.2, 0.25) is 0 Å². The van der Waals surface area contributed by atoms with Gasteiger partial charge in [-0.15, -0.1) is 0 Å². The standard InChI is InChI=1S/C16H11F3N2O3S/c17-16(18,19)25(22,23)24-15-13(9-20)11-7-4-8-12(11)14(21-15)10-5-2-1-3-6-10/h1-3,5-6H,4,7-8H2. The number of rotatable bonds is 3. The number of halogens is 3. The van der Waals surface area contributed by atoms with Gasteiger partial charge in [-0.2, -0.15) is 26.9 Å². The van der Waals surface area contributed by atoms with Gasteiger partial charge in [-0.1, -0.05) is 30.3 Å². The van der Waals surface area contributed by atoms with Crippen molar-refractivity contribution in [1.29, 1.82) is 5.26 Å². The second-order valence-electron chi connectivity index (χ2n) is 5.41. The summed E-state index contributed by atoms with van der Waals surface area (Å²) in [6.45, 7) is 0. The van der Waals surface area contributed by atoms with E-state index in [9.17, 15) is 26.9 Å². The molecule has 25 heavy (non-hydrogen) atoms. The van der Waals surface area contributed by atoms with Crippen LogP contribution in [0.1, 0.15) is 23.1 Å². The van der Waals surface area contributed by atoms with Crippen LogP contribution in [0.2, 0.25) is 0 Å². The van der Waals surface area contributed by atoms with Crippen molar-refractivity contribution in [2.45, 2.75) is 24.8 Å². The molecule has 0 N–H and O–H groups in total. The Labute approximate surface area is 141 Å². The van der Waals surface area contributed by atoms with E-state index in [1.807, 2.05) is 0 Å². The Morgan fingerprint density at radius 2 is 1.76 bits per heavy atom. The molecule has 1 heterocycles. The van der Waals surface area contributed by atoms with E-state index in [2.05, 4.69) is 9.17 Å². The van der Waals surface area contributed by atoms with E-state index in [0.717, 1.165) is 5.56 Å². The second kappa shape index (κ2) is 6.04. The highest BCUT2D eigenvalue weighted by Gasteiger charge is 2.49. The lowest BCUT2D eigenvalue weighted by Gasteiger charge is -2.15. The van der Waals surface area contributed by atoms with Gasteiger partial charge in [0.05, 0.1) is 5.69 Å². The summed E-state index contributed by atoms with van der Waals surface area (Å²) in [5.74, 6) is -0.834. The number of hydrogen-bond donors (Lipinski definition) is 0. The molecule has 1 aliphatic carbocycles.